The van der Waals surface area contributed by atoms with E-state index in [-0.39, 0.29) is 12.1 Å². The van der Waals surface area contributed by atoms with Crippen LogP contribution in [0.4, 0.5) is 8.78 Å². The maximum atomic E-state index is 14.4. The molecule has 24 heavy (non-hydrogen) atoms. The molecular formula is C16H15F2N5O. The summed E-state index contributed by atoms with van der Waals surface area (Å²) in [6, 6.07) is 4.79. The van der Waals surface area contributed by atoms with Gasteiger partial charge in [0.1, 0.15) is 17.2 Å². The summed E-state index contributed by atoms with van der Waals surface area (Å²) in [4.78, 5) is 0. The molecule has 3 aromatic rings. The van der Waals surface area contributed by atoms with Crippen molar-refractivity contribution in [1.29, 1.82) is 0 Å². The minimum atomic E-state index is -1.69. The highest BCUT2D eigenvalue weighted by atomic mass is 19.1. The standard InChI is InChI=1S/C16H15F2N5O/c1-11(12-4-5-19-21-9-12)16(24,10-23-7-6-20-22-23)14-3-2-13(17)8-15(14)18/h2-9,11,24H,10H2,1H3. The Kier molecular flexibility index (Phi) is 4.30. The summed E-state index contributed by atoms with van der Waals surface area (Å²) in [7, 11) is 0. The third-order valence-corrected chi connectivity index (χ3v) is 4.10. The minimum Gasteiger partial charge on any atom is -0.382 e. The first kappa shape index (κ1) is 16.1. The fourth-order valence-corrected chi connectivity index (χ4v) is 2.69. The molecule has 2 unspecified atom stereocenters. The molecule has 2 aromatic heterocycles. The van der Waals surface area contributed by atoms with Crippen molar-refractivity contribution in [1.82, 2.24) is 25.2 Å². The van der Waals surface area contributed by atoms with Gasteiger partial charge in [0.05, 0.1) is 18.9 Å². The second-order valence-electron chi connectivity index (χ2n) is 5.55. The average Bonchev–Trinajstić information content (AvgIpc) is 3.07. The zero-order valence-corrected chi connectivity index (χ0v) is 12.8. The van der Waals surface area contributed by atoms with Crippen LogP contribution >= 0.6 is 0 Å². The van der Waals surface area contributed by atoms with E-state index in [1.165, 1.54) is 29.3 Å². The minimum absolute atomic E-state index is 0.0243. The maximum absolute atomic E-state index is 14.4. The van der Waals surface area contributed by atoms with Gasteiger partial charge in [-0.1, -0.05) is 18.2 Å². The highest BCUT2D eigenvalue weighted by Crippen LogP contribution is 2.39. The lowest BCUT2D eigenvalue weighted by molar-refractivity contribution is -0.0116. The van der Waals surface area contributed by atoms with Crippen LogP contribution in [-0.4, -0.2) is 30.3 Å². The van der Waals surface area contributed by atoms with Gasteiger partial charge in [-0.25, -0.2) is 13.5 Å². The van der Waals surface area contributed by atoms with Crippen LogP contribution in [0.1, 0.15) is 24.0 Å². The molecule has 6 nitrogen and oxygen atoms in total. The van der Waals surface area contributed by atoms with Crippen LogP contribution in [0.3, 0.4) is 0 Å². The molecule has 0 spiro atoms. The number of halogens is 2. The van der Waals surface area contributed by atoms with Crippen LogP contribution in [0.15, 0.2) is 49.1 Å². The smallest absolute Gasteiger partial charge is 0.132 e. The van der Waals surface area contributed by atoms with Crippen molar-refractivity contribution >= 4 is 0 Å². The molecule has 0 bridgehead atoms. The molecule has 2 atom stereocenters. The first-order chi connectivity index (χ1) is 11.5. The van der Waals surface area contributed by atoms with E-state index in [4.69, 9.17) is 0 Å². The summed E-state index contributed by atoms with van der Waals surface area (Å²) in [6.45, 7) is 1.68. The van der Waals surface area contributed by atoms with Crippen molar-refractivity contribution in [3.05, 3.63) is 71.8 Å². The van der Waals surface area contributed by atoms with Crippen LogP contribution in [0, 0.1) is 11.6 Å². The lowest BCUT2D eigenvalue weighted by Gasteiger charge is -2.34. The van der Waals surface area contributed by atoms with Gasteiger partial charge in [-0.3, -0.25) is 0 Å². The summed E-state index contributed by atoms with van der Waals surface area (Å²) < 4.78 is 29.0. The molecule has 0 saturated heterocycles. The Labute approximate surface area is 136 Å². The fraction of sp³-hybridized carbons (Fsp3) is 0.250. The molecule has 0 amide bonds. The number of rotatable bonds is 5. The lowest BCUT2D eigenvalue weighted by Crippen LogP contribution is -2.38. The van der Waals surface area contributed by atoms with Crippen molar-refractivity contribution in [2.45, 2.75) is 25.0 Å². The molecule has 0 saturated carbocycles. The van der Waals surface area contributed by atoms with Crippen molar-refractivity contribution in [2.24, 2.45) is 0 Å². The molecule has 0 radical (unpaired) electrons. The molecule has 8 heteroatoms. The summed E-state index contributed by atoms with van der Waals surface area (Å²) in [5, 5.41) is 26.4. The van der Waals surface area contributed by atoms with E-state index in [1.807, 2.05) is 0 Å². The van der Waals surface area contributed by atoms with E-state index in [9.17, 15) is 13.9 Å². The lowest BCUT2D eigenvalue weighted by atomic mass is 9.78. The fourth-order valence-electron chi connectivity index (χ4n) is 2.69. The van der Waals surface area contributed by atoms with E-state index in [0.717, 1.165) is 12.1 Å². The topological polar surface area (TPSA) is 76.7 Å². The molecule has 124 valence electrons. The zero-order chi connectivity index (χ0) is 17.2. The number of hydrogen-bond acceptors (Lipinski definition) is 5. The first-order valence-corrected chi connectivity index (χ1v) is 7.29. The average molecular weight is 331 g/mol. The largest absolute Gasteiger partial charge is 0.382 e. The Balaban J connectivity index is 2.09. The Morgan fingerprint density at radius 2 is 2.00 bits per heavy atom. The summed E-state index contributed by atoms with van der Waals surface area (Å²) in [5.74, 6) is -2.10. The Bertz CT molecular complexity index is 813. The third kappa shape index (κ3) is 3.00. The molecule has 3 rings (SSSR count). The van der Waals surface area contributed by atoms with E-state index >= 15 is 0 Å². The van der Waals surface area contributed by atoms with Gasteiger partial charge in [-0.15, -0.1) is 5.10 Å². The van der Waals surface area contributed by atoms with Crippen molar-refractivity contribution < 1.29 is 13.9 Å². The van der Waals surface area contributed by atoms with Crippen molar-refractivity contribution in [3.63, 3.8) is 0 Å². The second-order valence-corrected chi connectivity index (χ2v) is 5.55. The molecule has 0 aliphatic rings. The second kappa shape index (κ2) is 6.40. The van der Waals surface area contributed by atoms with E-state index in [2.05, 4.69) is 20.5 Å². The van der Waals surface area contributed by atoms with Gasteiger partial charge in [-0.05, 0) is 17.7 Å². The third-order valence-electron chi connectivity index (χ3n) is 4.10. The van der Waals surface area contributed by atoms with E-state index in [1.54, 1.807) is 19.2 Å². The van der Waals surface area contributed by atoms with Crippen LogP contribution in [0.25, 0.3) is 0 Å². The van der Waals surface area contributed by atoms with Gasteiger partial charge in [0.2, 0.25) is 0 Å². The Morgan fingerprint density at radius 1 is 1.17 bits per heavy atom. The van der Waals surface area contributed by atoms with Gasteiger partial charge in [-0.2, -0.15) is 10.2 Å². The highest BCUT2D eigenvalue weighted by Gasteiger charge is 2.40. The normalized spacial score (nSPS) is 15.0. The van der Waals surface area contributed by atoms with Crippen LogP contribution in [0.2, 0.25) is 0 Å². The number of benzene rings is 1. The number of aromatic nitrogens is 5. The monoisotopic (exact) mass is 331 g/mol. The summed E-state index contributed by atoms with van der Waals surface area (Å²) >= 11 is 0. The molecule has 0 aliphatic heterocycles. The predicted molar refractivity (Wildman–Crippen MR) is 80.7 cm³/mol. The summed E-state index contributed by atoms with van der Waals surface area (Å²) in [5.41, 5.74) is -1.05. The number of aliphatic hydroxyl groups is 1. The van der Waals surface area contributed by atoms with E-state index in [0.29, 0.717) is 5.56 Å². The van der Waals surface area contributed by atoms with Crippen LogP contribution in [0.5, 0.6) is 0 Å². The van der Waals surface area contributed by atoms with Crippen LogP contribution < -0.4 is 0 Å². The predicted octanol–water partition coefficient (Wildman–Crippen LogP) is 2.04. The maximum Gasteiger partial charge on any atom is 0.132 e. The van der Waals surface area contributed by atoms with Gasteiger partial charge < -0.3 is 5.11 Å². The SMILES string of the molecule is CC(c1ccnnc1)C(O)(Cn1ccnn1)c1ccc(F)cc1F. The molecule has 2 heterocycles. The van der Waals surface area contributed by atoms with Crippen molar-refractivity contribution in [2.75, 3.05) is 0 Å². The van der Waals surface area contributed by atoms with Crippen molar-refractivity contribution in [3.8, 4) is 0 Å². The molecular weight excluding hydrogens is 316 g/mol. The quantitative estimate of drug-likeness (QED) is 0.774. The zero-order valence-electron chi connectivity index (χ0n) is 12.8. The van der Waals surface area contributed by atoms with Crippen LogP contribution in [-0.2, 0) is 12.1 Å². The van der Waals surface area contributed by atoms with Gasteiger partial charge in [0.25, 0.3) is 0 Å². The van der Waals surface area contributed by atoms with Gasteiger partial charge in [0.15, 0.2) is 0 Å². The Hall–Kier alpha value is -2.74. The molecule has 1 N–H and O–H groups in total. The molecule has 0 fully saturated rings. The molecule has 1 aromatic carbocycles. The number of nitrogens with zero attached hydrogens (tertiary/aromatic N) is 5. The van der Waals surface area contributed by atoms with Gasteiger partial charge in [0, 0.05) is 29.9 Å². The highest BCUT2D eigenvalue weighted by molar-refractivity contribution is 5.30. The summed E-state index contributed by atoms with van der Waals surface area (Å²) in [6.07, 6.45) is 6.01. The molecule has 0 aliphatic carbocycles. The first-order valence-electron chi connectivity index (χ1n) is 7.29. The Morgan fingerprint density at radius 3 is 2.62 bits per heavy atom. The van der Waals surface area contributed by atoms with E-state index < -0.39 is 23.2 Å². The van der Waals surface area contributed by atoms with Gasteiger partial charge >= 0.3 is 0 Å². The number of hydrogen-bond donors (Lipinski definition) is 1.